The zero-order valence-electron chi connectivity index (χ0n) is 16.4. The molecular formula is C24H25NO4. The number of fused-ring (bicyclic) bond motifs is 1. The van der Waals surface area contributed by atoms with Crippen molar-refractivity contribution in [2.24, 2.45) is 11.8 Å². The fraction of sp³-hybridized carbons (Fsp3) is 0.333. The minimum Gasteiger partial charge on any atom is -0.454 e. The van der Waals surface area contributed by atoms with Gasteiger partial charge in [-0.05, 0) is 43.9 Å². The topological polar surface area (TPSA) is 64.6 Å². The Morgan fingerprint density at radius 3 is 2.86 bits per heavy atom. The summed E-state index contributed by atoms with van der Waals surface area (Å²) < 4.78 is 11.2. The number of amides is 1. The summed E-state index contributed by atoms with van der Waals surface area (Å²) in [6.45, 7) is 1.91. The number of rotatable bonds is 4. The molecule has 0 radical (unpaired) electrons. The standard InChI is InChI=1S/C24H25NO4/c1-16-14-22(26)28-21-15-19(12-13-20(16)21)25-24(27)29-23(17-8-4-2-5-9-17)18-10-6-3-7-11-18/h2,4-6,8,10-15,17,20-21,23H,3,7,9H2,1H3,(H,25,27). The van der Waals surface area contributed by atoms with E-state index in [-0.39, 0.29) is 23.9 Å². The molecule has 3 aliphatic carbocycles. The Morgan fingerprint density at radius 2 is 2.10 bits per heavy atom. The van der Waals surface area contributed by atoms with Gasteiger partial charge in [0.2, 0.25) is 0 Å². The highest BCUT2D eigenvalue weighted by molar-refractivity contribution is 5.84. The van der Waals surface area contributed by atoms with Crippen molar-refractivity contribution in [3.05, 3.63) is 83.7 Å². The largest absolute Gasteiger partial charge is 0.454 e. The van der Waals surface area contributed by atoms with Gasteiger partial charge in [-0.25, -0.2) is 9.59 Å². The molecule has 1 aliphatic heterocycles. The van der Waals surface area contributed by atoms with Gasteiger partial charge in [0.05, 0.1) is 0 Å². The fourth-order valence-electron chi connectivity index (χ4n) is 4.04. The number of hydrogen-bond acceptors (Lipinski definition) is 4. The highest BCUT2D eigenvalue weighted by Crippen LogP contribution is 2.30. The molecule has 5 heteroatoms. The van der Waals surface area contributed by atoms with Crippen LogP contribution in [0, 0.1) is 11.8 Å². The first kappa shape index (κ1) is 19.2. The van der Waals surface area contributed by atoms with Crippen molar-refractivity contribution in [3.63, 3.8) is 0 Å². The van der Waals surface area contributed by atoms with Crippen LogP contribution < -0.4 is 5.32 Å². The Kier molecular flexibility index (Phi) is 5.65. The SMILES string of the molecule is CC1=CC(=O)OC2C=C(NC(=O)OC(C3=CCCC=C3)C3C=CC=CC3)C=CC12. The summed E-state index contributed by atoms with van der Waals surface area (Å²) in [6, 6.07) is 0. The molecule has 0 saturated carbocycles. The first-order valence-corrected chi connectivity index (χ1v) is 10.1. The number of nitrogens with one attached hydrogen (secondary N) is 1. The zero-order valence-corrected chi connectivity index (χ0v) is 16.4. The highest BCUT2D eigenvalue weighted by atomic mass is 16.6. The predicted molar refractivity (Wildman–Crippen MR) is 111 cm³/mol. The van der Waals surface area contributed by atoms with Crippen LogP contribution in [-0.4, -0.2) is 24.3 Å². The molecule has 1 N–H and O–H groups in total. The van der Waals surface area contributed by atoms with Crippen molar-refractivity contribution in [2.75, 3.05) is 0 Å². The molecule has 0 aromatic rings. The maximum atomic E-state index is 12.7. The van der Waals surface area contributed by atoms with E-state index in [1.807, 2.05) is 31.2 Å². The van der Waals surface area contributed by atoms with Crippen molar-refractivity contribution < 1.29 is 19.1 Å². The molecular weight excluding hydrogens is 366 g/mol. The van der Waals surface area contributed by atoms with Gasteiger partial charge in [0.1, 0.15) is 12.2 Å². The quantitative estimate of drug-likeness (QED) is 0.720. The van der Waals surface area contributed by atoms with Gasteiger partial charge in [-0.1, -0.05) is 54.2 Å². The van der Waals surface area contributed by atoms with E-state index >= 15 is 0 Å². The van der Waals surface area contributed by atoms with E-state index in [1.165, 1.54) is 6.08 Å². The Morgan fingerprint density at radius 1 is 1.21 bits per heavy atom. The summed E-state index contributed by atoms with van der Waals surface area (Å²) in [7, 11) is 0. The number of carbonyl (C=O) groups is 2. The van der Waals surface area contributed by atoms with Crippen molar-refractivity contribution >= 4 is 12.1 Å². The smallest absolute Gasteiger partial charge is 0.412 e. The van der Waals surface area contributed by atoms with Crippen LogP contribution in [0.2, 0.25) is 0 Å². The molecule has 29 heavy (non-hydrogen) atoms. The minimum atomic E-state index is -0.512. The Bertz CT molecular complexity index is 900. The molecule has 4 rings (SSSR count). The zero-order chi connectivity index (χ0) is 20.2. The fourth-order valence-corrected chi connectivity index (χ4v) is 4.04. The summed E-state index contributed by atoms with van der Waals surface area (Å²) in [5.41, 5.74) is 2.56. The van der Waals surface area contributed by atoms with Crippen LogP contribution in [0.1, 0.15) is 26.2 Å². The summed E-state index contributed by atoms with van der Waals surface area (Å²) in [5.74, 6) is -0.240. The molecule has 0 bridgehead atoms. The van der Waals surface area contributed by atoms with Crippen LogP contribution in [0.3, 0.4) is 0 Å². The minimum absolute atomic E-state index is 0.0127. The molecule has 0 spiro atoms. The second kappa shape index (κ2) is 8.52. The van der Waals surface area contributed by atoms with Gasteiger partial charge in [0.15, 0.2) is 0 Å². The molecule has 0 saturated heterocycles. The molecule has 1 amide bonds. The molecule has 4 aliphatic rings. The van der Waals surface area contributed by atoms with Gasteiger partial charge in [0.25, 0.3) is 0 Å². The molecule has 150 valence electrons. The van der Waals surface area contributed by atoms with Crippen LogP contribution >= 0.6 is 0 Å². The van der Waals surface area contributed by atoms with E-state index in [1.54, 1.807) is 6.08 Å². The number of carbonyl (C=O) groups excluding carboxylic acids is 2. The number of hydrogen-bond donors (Lipinski definition) is 1. The van der Waals surface area contributed by atoms with Crippen LogP contribution in [-0.2, 0) is 14.3 Å². The van der Waals surface area contributed by atoms with Crippen LogP contribution in [0.4, 0.5) is 4.79 Å². The van der Waals surface area contributed by atoms with Crippen molar-refractivity contribution in [2.45, 2.75) is 38.4 Å². The van der Waals surface area contributed by atoms with E-state index in [2.05, 4.69) is 35.7 Å². The van der Waals surface area contributed by atoms with Crippen LogP contribution in [0.15, 0.2) is 83.7 Å². The second-order valence-electron chi connectivity index (χ2n) is 7.64. The lowest BCUT2D eigenvalue weighted by atomic mass is 9.87. The summed E-state index contributed by atoms with van der Waals surface area (Å²) in [6.07, 6.45) is 23.1. The molecule has 0 fully saturated rings. The molecule has 0 aromatic heterocycles. The van der Waals surface area contributed by atoms with Crippen molar-refractivity contribution in [1.29, 1.82) is 0 Å². The number of alkyl carbamates (subject to hydrolysis) is 1. The Hall–Kier alpha value is -3.08. The average molecular weight is 391 g/mol. The lowest BCUT2D eigenvalue weighted by Crippen LogP contribution is -2.36. The first-order valence-electron chi connectivity index (χ1n) is 10.1. The monoisotopic (exact) mass is 391 g/mol. The van der Waals surface area contributed by atoms with Gasteiger partial charge in [0, 0.05) is 23.6 Å². The summed E-state index contributed by atoms with van der Waals surface area (Å²) in [5, 5.41) is 2.80. The van der Waals surface area contributed by atoms with Crippen molar-refractivity contribution in [3.8, 4) is 0 Å². The van der Waals surface area contributed by atoms with Crippen LogP contribution in [0.5, 0.6) is 0 Å². The van der Waals surface area contributed by atoms with Crippen molar-refractivity contribution in [1.82, 2.24) is 5.32 Å². The number of ether oxygens (including phenoxy) is 2. The Labute approximate surface area is 170 Å². The third-order valence-electron chi connectivity index (χ3n) is 5.54. The van der Waals surface area contributed by atoms with Gasteiger partial charge >= 0.3 is 12.1 Å². The van der Waals surface area contributed by atoms with E-state index in [0.717, 1.165) is 30.4 Å². The van der Waals surface area contributed by atoms with Gasteiger partial charge in [-0.3, -0.25) is 5.32 Å². The average Bonchev–Trinajstić information content (AvgIpc) is 2.73. The van der Waals surface area contributed by atoms with Gasteiger partial charge < -0.3 is 9.47 Å². The van der Waals surface area contributed by atoms with E-state index in [4.69, 9.17) is 9.47 Å². The van der Waals surface area contributed by atoms with E-state index < -0.39 is 12.2 Å². The molecule has 1 heterocycles. The van der Waals surface area contributed by atoms with Gasteiger partial charge in [-0.15, -0.1) is 0 Å². The molecule has 4 unspecified atom stereocenters. The summed E-state index contributed by atoms with van der Waals surface area (Å²) >= 11 is 0. The normalized spacial score (nSPS) is 28.5. The third kappa shape index (κ3) is 4.50. The maximum absolute atomic E-state index is 12.7. The third-order valence-corrected chi connectivity index (χ3v) is 5.54. The lowest BCUT2D eigenvalue weighted by molar-refractivity contribution is -0.143. The lowest BCUT2D eigenvalue weighted by Gasteiger charge is -2.30. The first-order chi connectivity index (χ1) is 14.1. The maximum Gasteiger partial charge on any atom is 0.412 e. The molecule has 5 nitrogen and oxygen atoms in total. The predicted octanol–water partition coefficient (Wildman–Crippen LogP) is 4.43. The number of allylic oxidation sites excluding steroid dienone is 6. The van der Waals surface area contributed by atoms with Crippen LogP contribution in [0.25, 0.3) is 0 Å². The second-order valence-corrected chi connectivity index (χ2v) is 7.64. The highest BCUT2D eigenvalue weighted by Gasteiger charge is 2.31. The summed E-state index contributed by atoms with van der Waals surface area (Å²) in [4.78, 5) is 24.3. The molecule has 0 aromatic carbocycles. The van der Waals surface area contributed by atoms with E-state index in [0.29, 0.717) is 5.70 Å². The molecule has 4 atom stereocenters. The van der Waals surface area contributed by atoms with E-state index in [9.17, 15) is 9.59 Å². The van der Waals surface area contributed by atoms with Gasteiger partial charge in [-0.2, -0.15) is 0 Å². The number of esters is 1. The Balaban J connectivity index is 1.44.